The lowest BCUT2D eigenvalue weighted by molar-refractivity contribution is -0.701. The molecule has 16 heavy (non-hydrogen) atoms. The van der Waals surface area contributed by atoms with Crippen LogP contribution in [0.3, 0.4) is 0 Å². The van der Waals surface area contributed by atoms with Crippen molar-refractivity contribution in [2.24, 2.45) is 0 Å². The molecular formula is C10H15N2O4+. The van der Waals surface area contributed by atoms with Crippen molar-refractivity contribution < 1.29 is 24.4 Å². The Balaban J connectivity index is 2.61. The van der Waals surface area contributed by atoms with Crippen molar-refractivity contribution >= 4 is 11.9 Å². The molecule has 6 nitrogen and oxygen atoms in total. The lowest BCUT2D eigenvalue weighted by Crippen LogP contribution is -2.36. The SMILES string of the molecule is Cc1n(CCC(=O)O)cc[n+]1CCC(=O)O. The van der Waals surface area contributed by atoms with Crippen LogP contribution in [0.2, 0.25) is 0 Å². The smallest absolute Gasteiger partial charge is 0.307 e. The Morgan fingerprint density at radius 2 is 1.94 bits per heavy atom. The molecule has 0 unspecified atom stereocenters. The minimum absolute atomic E-state index is 0.0639. The summed E-state index contributed by atoms with van der Waals surface area (Å²) in [7, 11) is 0. The molecule has 6 heteroatoms. The Bertz CT molecular complexity index is 362. The Morgan fingerprint density at radius 3 is 2.50 bits per heavy atom. The molecule has 0 amide bonds. The lowest BCUT2D eigenvalue weighted by atomic mass is 10.4. The molecule has 0 saturated carbocycles. The number of aliphatic carboxylic acids is 2. The Labute approximate surface area is 92.7 Å². The van der Waals surface area contributed by atoms with Gasteiger partial charge in [0.1, 0.15) is 25.5 Å². The molecule has 0 aliphatic carbocycles. The Kier molecular flexibility index (Phi) is 4.04. The van der Waals surface area contributed by atoms with E-state index < -0.39 is 11.9 Å². The molecule has 0 saturated heterocycles. The number of nitrogens with zero attached hydrogens (tertiary/aromatic N) is 2. The third-order valence-electron chi connectivity index (χ3n) is 2.39. The first-order valence-corrected chi connectivity index (χ1v) is 4.99. The van der Waals surface area contributed by atoms with E-state index in [2.05, 4.69) is 0 Å². The van der Waals surface area contributed by atoms with E-state index in [9.17, 15) is 9.59 Å². The van der Waals surface area contributed by atoms with Crippen LogP contribution in [0.4, 0.5) is 0 Å². The van der Waals surface area contributed by atoms with Crippen molar-refractivity contribution in [1.82, 2.24) is 4.57 Å². The molecule has 0 atom stereocenters. The number of imidazole rings is 1. The molecule has 0 aliphatic rings. The van der Waals surface area contributed by atoms with Gasteiger partial charge in [-0.3, -0.25) is 9.59 Å². The lowest BCUT2D eigenvalue weighted by Gasteiger charge is -1.98. The highest BCUT2D eigenvalue weighted by atomic mass is 16.4. The van der Waals surface area contributed by atoms with Gasteiger partial charge in [0.2, 0.25) is 0 Å². The number of hydrogen-bond donors (Lipinski definition) is 2. The first-order valence-electron chi connectivity index (χ1n) is 4.99. The molecule has 1 heterocycles. The molecule has 88 valence electrons. The minimum atomic E-state index is -0.842. The van der Waals surface area contributed by atoms with Gasteiger partial charge in [-0.2, -0.15) is 0 Å². The van der Waals surface area contributed by atoms with Gasteiger partial charge in [-0.25, -0.2) is 9.13 Å². The summed E-state index contributed by atoms with van der Waals surface area (Å²) < 4.78 is 3.60. The van der Waals surface area contributed by atoms with Crippen LogP contribution >= 0.6 is 0 Å². The molecular weight excluding hydrogens is 212 g/mol. The maximum absolute atomic E-state index is 10.4. The second kappa shape index (κ2) is 5.29. The summed E-state index contributed by atoms with van der Waals surface area (Å²) in [4.78, 5) is 20.8. The van der Waals surface area contributed by atoms with Gasteiger partial charge in [-0.1, -0.05) is 0 Å². The van der Waals surface area contributed by atoms with Crippen LogP contribution in [0, 0.1) is 6.92 Å². The van der Waals surface area contributed by atoms with Gasteiger partial charge in [-0.15, -0.1) is 0 Å². The van der Waals surface area contributed by atoms with Gasteiger partial charge in [0.25, 0.3) is 5.82 Å². The molecule has 2 N–H and O–H groups in total. The van der Waals surface area contributed by atoms with E-state index in [0.717, 1.165) is 5.82 Å². The van der Waals surface area contributed by atoms with Crippen LogP contribution in [0.5, 0.6) is 0 Å². The van der Waals surface area contributed by atoms with Crippen LogP contribution < -0.4 is 4.57 Å². The predicted octanol–water partition coefficient (Wildman–Crippen LogP) is 0.0334. The highest BCUT2D eigenvalue weighted by Crippen LogP contribution is 1.97. The quantitative estimate of drug-likeness (QED) is 0.672. The number of hydrogen-bond acceptors (Lipinski definition) is 2. The number of carboxylic acids is 2. The Morgan fingerprint density at radius 1 is 1.31 bits per heavy atom. The van der Waals surface area contributed by atoms with E-state index in [1.165, 1.54) is 0 Å². The molecule has 0 radical (unpaired) electrons. The summed E-state index contributed by atoms with van der Waals surface area (Å²) in [5, 5.41) is 17.1. The van der Waals surface area contributed by atoms with Crippen molar-refractivity contribution in [3.63, 3.8) is 0 Å². The summed E-state index contributed by atoms with van der Waals surface area (Å²) in [6.07, 6.45) is 3.66. The normalized spacial score (nSPS) is 10.3. The van der Waals surface area contributed by atoms with Crippen molar-refractivity contribution in [1.29, 1.82) is 0 Å². The molecule has 0 aliphatic heterocycles. The Hall–Kier alpha value is -1.85. The fourth-order valence-electron chi connectivity index (χ4n) is 1.45. The van der Waals surface area contributed by atoms with Crippen LogP contribution in [-0.2, 0) is 22.7 Å². The summed E-state index contributed by atoms with van der Waals surface area (Å²) in [6, 6.07) is 0. The second-order valence-corrected chi connectivity index (χ2v) is 3.52. The zero-order chi connectivity index (χ0) is 12.1. The second-order valence-electron chi connectivity index (χ2n) is 3.52. The van der Waals surface area contributed by atoms with Gasteiger partial charge in [-0.05, 0) is 0 Å². The van der Waals surface area contributed by atoms with Crippen LogP contribution in [-0.4, -0.2) is 26.7 Å². The van der Waals surface area contributed by atoms with E-state index >= 15 is 0 Å². The van der Waals surface area contributed by atoms with Crippen molar-refractivity contribution in [2.45, 2.75) is 32.9 Å². The fourth-order valence-corrected chi connectivity index (χ4v) is 1.45. The molecule has 0 aromatic carbocycles. The molecule has 0 fully saturated rings. The summed E-state index contributed by atoms with van der Waals surface area (Å²) in [5.41, 5.74) is 0. The van der Waals surface area contributed by atoms with Crippen molar-refractivity contribution in [3.8, 4) is 0 Å². The van der Waals surface area contributed by atoms with Crippen LogP contribution in [0.15, 0.2) is 12.4 Å². The largest absolute Gasteiger partial charge is 0.481 e. The maximum atomic E-state index is 10.4. The number of carboxylic acid groups (broad SMARTS) is 2. The number of aromatic nitrogens is 2. The van der Waals surface area contributed by atoms with Gasteiger partial charge in [0.15, 0.2) is 0 Å². The summed E-state index contributed by atoms with van der Waals surface area (Å²) in [6.45, 7) is 2.65. The monoisotopic (exact) mass is 227 g/mol. The average molecular weight is 227 g/mol. The minimum Gasteiger partial charge on any atom is -0.481 e. The van der Waals surface area contributed by atoms with E-state index in [0.29, 0.717) is 13.1 Å². The highest BCUT2D eigenvalue weighted by Gasteiger charge is 2.13. The molecule has 0 spiro atoms. The standard InChI is InChI=1S/C10H14N2O4/c1-8-11(4-2-9(13)14)6-7-12(8)5-3-10(15)16/h6-7H,2-5H2,1H3,(H-,13,14,15,16)/p+1. The summed E-state index contributed by atoms with van der Waals surface area (Å²) >= 11 is 0. The zero-order valence-electron chi connectivity index (χ0n) is 9.09. The predicted molar refractivity (Wildman–Crippen MR) is 53.9 cm³/mol. The van der Waals surface area contributed by atoms with Crippen molar-refractivity contribution in [3.05, 3.63) is 18.2 Å². The first-order chi connectivity index (χ1) is 7.50. The zero-order valence-corrected chi connectivity index (χ0v) is 9.09. The van der Waals surface area contributed by atoms with Crippen molar-refractivity contribution in [2.75, 3.05) is 0 Å². The first kappa shape index (κ1) is 12.2. The highest BCUT2D eigenvalue weighted by molar-refractivity contribution is 5.66. The van der Waals surface area contributed by atoms with Gasteiger partial charge < -0.3 is 10.2 Å². The van der Waals surface area contributed by atoms with Gasteiger partial charge >= 0.3 is 11.9 Å². The van der Waals surface area contributed by atoms with Gasteiger partial charge in [0.05, 0.1) is 12.8 Å². The molecule has 1 aromatic heterocycles. The molecule has 0 bridgehead atoms. The third kappa shape index (κ3) is 3.38. The maximum Gasteiger partial charge on any atom is 0.307 e. The van der Waals surface area contributed by atoms with E-state index in [1.54, 1.807) is 21.5 Å². The van der Waals surface area contributed by atoms with Gasteiger partial charge in [0, 0.05) is 6.92 Å². The third-order valence-corrected chi connectivity index (χ3v) is 2.39. The number of aryl methyl sites for hydroxylation is 2. The fraction of sp³-hybridized carbons (Fsp3) is 0.500. The molecule has 1 rings (SSSR count). The van der Waals surface area contributed by atoms with Crippen LogP contribution in [0.1, 0.15) is 18.7 Å². The van der Waals surface area contributed by atoms with E-state index in [1.807, 2.05) is 6.92 Å². The van der Waals surface area contributed by atoms with E-state index in [4.69, 9.17) is 10.2 Å². The molecule has 1 aromatic rings. The number of rotatable bonds is 6. The summed E-state index contributed by atoms with van der Waals surface area (Å²) in [5.74, 6) is -0.821. The average Bonchev–Trinajstić information content (AvgIpc) is 2.53. The van der Waals surface area contributed by atoms with Crippen LogP contribution in [0.25, 0.3) is 0 Å². The topological polar surface area (TPSA) is 83.4 Å². The van der Waals surface area contributed by atoms with E-state index in [-0.39, 0.29) is 12.8 Å². The number of carbonyl (C=O) groups is 2.